The normalized spacial score (nSPS) is 12.8. The molecule has 2 N–H and O–H groups in total. The quantitative estimate of drug-likeness (QED) is 0.450. The third-order valence-electron chi connectivity index (χ3n) is 2.69. The first-order chi connectivity index (χ1) is 8.59. The van der Waals surface area contributed by atoms with E-state index in [1.165, 1.54) is 12.1 Å². The van der Waals surface area contributed by atoms with Gasteiger partial charge in [-0.25, -0.2) is 0 Å². The molecule has 0 saturated heterocycles. The zero-order chi connectivity index (χ0) is 13.1. The number of allylic oxidation sites excluding steroid dienone is 4. The highest BCUT2D eigenvalue weighted by atomic mass is 16.3. The topological polar surface area (TPSA) is 57.5 Å². The predicted octanol–water partition coefficient (Wildman–Crippen LogP) is 2.48. The second-order valence-electron chi connectivity index (χ2n) is 4.03. The maximum absolute atomic E-state index is 11.9. The molecule has 18 heavy (non-hydrogen) atoms. The van der Waals surface area contributed by atoms with Crippen LogP contribution in [0.5, 0.6) is 11.5 Å². The van der Waals surface area contributed by atoms with Crippen LogP contribution in [0.2, 0.25) is 0 Å². The minimum atomic E-state index is -0.582. The molecule has 0 fully saturated rings. The summed E-state index contributed by atoms with van der Waals surface area (Å²) in [6.45, 7) is 1.66. The number of aryl methyl sites for hydroxylation is 1. The van der Waals surface area contributed by atoms with E-state index in [1.807, 2.05) is 18.2 Å². The fourth-order valence-electron chi connectivity index (χ4n) is 1.65. The van der Waals surface area contributed by atoms with Crippen molar-refractivity contribution in [3.8, 4) is 23.3 Å². The van der Waals surface area contributed by atoms with Crippen LogP contribution in [0.15, 0.2) is 35.9 Å². The Bertz CT molecular complexity index is 625. The molecule has 0 bridgehead atoms. The van der Waals surface area contributed by atoms with Gasteiger partial charge in [0.2, 0.25) is 5.78 Å². The lowest BCUT2D eigenvalue weighted by atomic mass is 10.0. The van der Waals surface area contributed by atoms with Crippen LogP contribution in [-0.2, 0) is 0 Å². The fraction of sp³-hybridized carbons (Fsp3) is 0.133. The van der Waals surface area contributed by atoms with E-state index < -0.39 is 5.78 Å². The summed E-state index contributed by atoms with van der Waals surface area (Å²) in [6, 6.07) is 2.92. The monoisotopic (exact) mass is 240 g/mol. The number of ketones is 1. The molecule has 0 unspecified atom stereocenters. The molecule has 0 spiro atoms. The van der Waals surface area contributed by atoms with E-state index in [0.29, 0.717) is 12.0 Å². The standard InChI is InChI=1S/C15H12O3/c1-10-6-8-12(16)14(15(10)18)13(17)9-7-11-4-2-3-5-11/h2-4,6,8,16,18H,5H2,1H3. The minimum absolute atomic E-state index is 0.131. The number of carbonyl (C=O) groups is 1. The zero-order valence-corrected chi connectivity index (χ0v) is 9.90. The number of phenols is 2. The summed E-state index contributed by atoms with van der Waals surface area (Å²) in [5, 5.41) is 19.4. The minimum Gasteiger partial charge on any atom is -0.507 e. The Hall–Kier alpha value is -2.47. The van der Waals surface area contributed by atoms with Gasteiger partial charge >= 0.3 is 0 Å². The molecule has 1 aliphatic carbocycles. The predicted molar refractivity (Wildman–Crippen MR) is 68.5 cm³/mol. The van der Waals surface area contributed by atoms with Gasteiger partial charge in [-0.1, -0.05) is 30.2 Å². The number of aromatic hydroxyl groups is 2. The Labute approximate surface area is 105 Å². The molecule has 1 aliphatic rings. The van der Waals surface area contributed by atoms with E-state index in [9.17, 15) is 15.0 Å². The molecule has 0 radical (unpaired) electrons. The lowest BCUT2D eigenvalue weighted by Gasteiger charge is -2.05. The maximum atomic E-state index is 11.9. The SMILES string of the molecule is Cc1ccc(O)c(C(=O)C#CC2=CC=CC2)c1O. The van der Waals surface area contributed by atoms with Crippen LogP contribution in [-0.4, -0.2) is 16.0 Å². The Morgan fingerprint density at radius 2 is 2.11 bits per heavy atom. The van der Waals surface area contributed by atoms with Crippen LogP contribution in [0.1, 0.15) is 22.3 Å². The first kappa shape index (κ1) is 12.0. The second-order valence-corrected chi connectivity index (χ2v) is 4.03. The molecular formula is C15H12O3. The van der Waals surface area contributed by atoms with Gasteiger partial charge in [0.05, 0.1) is 0 Å². The van der Waals surface area contributed by atoms with Crippen molar-refractivity contribution in [1.29, 1.82) is 0 Å². The average molecular weight is 240 g/mol. The van der Waals surface area contributed by atoms with Crippen molar-refractivity contribution in [2.75, 3.05) is 0 Å². The van der Waals surface area contributed by atoms with Crippen molar-refractivity contribution in [3.05, 3.63) is 47.1 Å². The first-order valence-electron chi connectivity index (χ1n) is 5.53. The molecule has 3 heteroatoms. The maximum Gasteiger partial charge on any atom is 0.243 e. The highest BCUT2D eigenvalue weighted by molar-refractivity contribution is 6.12. The van der Waals surface area contributed by atoms with Crippen molar-refractivity contribution >= 4 is 5.78 Å². The van der Waals surface area contributed by atoms with E-state index in [2.05, 4.69) is 11.8 Å². The summed E-state index contributed by atoms with van der Waals surface area (Å²) in [5.41, 5.74) is 1.24. The van der Waals surface area contributed by atoms with Crippen molar-refractivity contribution in [1.82, 2.24) is 0 Å². The highest BCUT2D eigenvalue weighted by Gasteiger charge is 2.16. The van der Waals surface area contributed by atoms with Gasteiger partial charge in [0, 0.05) is 5.57 Å². The summed E-state index contributed by atoms with van der Waals surface area (Å²) in [7, 11) is 0. The summed E-state index contributed by atoms with van der Waals surface area (Å²) in [4.78, 5) is 11.9. The largest absolute Gasteiger partial charge is 0.507 e. The van der Waals surface area contributed by atoms with E-state index in [4.69, 9.17) is 0 Å². The summed E-state index contributed by atoms with van der Waals surface area (Å²) < 4.78 is 0. The van der Waals surface area contributed by atoms with Crippen molar-refractivity contribution < 1.29 is 15.0 Å². The van der Waals surface area contributed by atoms with E-state index in [0.717, 1.165) is 5.57 Å². The second kappa shape index (κ2) is 4.80. The van der Waals surface area contributed by atoms with Crippen molar-refractivity contribution in [3.63, 3.8) is 0 Å². The highest BCUT2D eigenvalue weighted by Crippen LogP contribution is 2.30. The number of Topliss-reactive ketones (excluding diaryl/α,β-unsaturated/α-hetero) is 1. The Balaban J connectivity index is 2.32. The first-order valence-corrected chi connectivity index (χ1v) is 5.53. The molecule has 0 aliphatic heterocycles. The van der Waals surface area contributed by atoms with Gasteiger partial charge in [-0.3, -0.25) is 4.79 Å². The van der Waals surface area contributed by atoms with Crippen molar-refractivity contribution in [2.24, 2.45) is 0 Å². The van der Waals surface area contributed by atoms with Crippen LogP contribution in [0, 0.1) is 18.8 Å². The summed E-state index contributed by atoms with van der Waals surface area (Å²) >= 11 is 0. The Morgan fingerprint density at radius 1 is 1.33 bits per heavy atom. The van der Waals surface area contributed by atoms with Gasteiger partial charge in [0.1, 0.15) is 17.1 Å². The number of rotatable bonds is 1. The third kappa shape index (κ3) is 2.28. The molecule has 0 amide bonds. The van der Waals surface area contributed by atoms with E-state index >= 15 is 0 Å². The van der Waals surface area contributed by atoms with Crippen LogP contribution in [0.3, 0.4) is 0 Å². The van der Waals surface area contributed by atoms with Gasteiger partial charge in [0.25, 0.3) is 0 Å². The zero-order valence-electron chi connectivity index (χ0n) is 9.90. The Morgan fingerprint density at radius 3 is 2.78 bits per heavy atom. The third-order valence-corrected chi connectivity index (χ3v) is 2.69. The lowest BCUT2D eigenvalue weighted by Crippen LogP contribution is -1.98. The molecule has 0 saturated carbocycles. The smallest absolute Gasteiger partial charge is 0.243 e. The molecule has 1 aromatic carbocycles. The molecule has 1 aromatic rings. The summed E-state index contributed by atoms with van der Waals surface area (Å²) in [5.74, 6) is 4.11. The summed E-state index contributed by atoms with van der Waals surface area (Å²) in [6.07, 6.45) is 6.36. The number of hydrogen-bond donors (Lipinski definition) is 2. The van der Waals surface area contributed by atoms with Crippen LogP contribution in [0.4, 0.5) is 0 Å². The van der Waals surface area contributed by atoms with Gasteiger partial charge in [-0.05, 0) is 30.9 Å². The molecule has 2 rings (SSSR count). The number of hydrogen-bond acceptors (Lipinski definition) is 3. The lowest BCUT2D eigenvalue weighted by molar-refractivity contribution is 0.105. The molecule has 0 aromatic heterocycles. The van der Waals surface area contributed by atoms with Gasteiger partial charge < -0.3 is 10.2 Å². The fourth-order valence-corrected chi connectivity index (χ4v) is 1.65. The molecule has 0 heterocycles. The van der Waals surface area contributed by atoms with Crippen molar-refractivity contribution in [2.45, 2.75) is 13.3 Å². The van der Waals surface area contributed by atoms with E-state index in [1.54, 1.807) is 6.92 Å². The van der Waals surface area contributed by atoms with Gasteiger partial charge in [0.15, 0.2) is 0 Å². The van der Waals surface area contributed by atoms with E-state index in [-0.39, 0.29) is 17.1 Å². The van der Waals surface area contributed by atoms with Crippen LogP contribution < -0.4 is 0 Å². The molecule has 0 atom stereocenters. The number of carbonyl (C=O) groups excluding carboxylic acids is 1. The number of benzene rings is 1. The average Bonchev–Trinajstić information content (AvgIpc) is 2.85. The van der Waals surface area contributed by atoms with Gasteiger partial charge in [-0.15, -0.1) is 0 Å². The Kier molecular flexibility index (Phi) is 3.20. The van der Waals surface area contributed by atoms with Crippen LogP contribution in [0.25, 0.3) is 0 Å². The number of phenolic OH excluding ortho intramolecular Hbond substituents is 2. The molecule has 3 nitrogen and oxygen atoms in total. The molecular weight excluding hydrogens is 228 g/mol. The van der Waals surface area contributed by atoms with Gasteiger partial charge in [-0.2, -0.15) is 0 Å². The molecule has 90 valence electrons. The van der Waals surface area contributed by atoms with Crippen LogP contribution >= 0.6 is 0 Å².